The van der Waals surface area contributed by atoms with Crippen LogP contribution in [0.1, 0.15) is 22.0 Å². The highest BCUT2D eigenvalue weighted by molar-refractivity contribution is 6.30. The Morgan fingerprint density at radius 2 is 1.90 bits per heavy atom. The minimum Gasteiger partial charge on any atom is -0.493 e. The van der Waals surface area contributed by atoms with Crippen molar-refractivity contribution in [1.82, 2.24) is 10.2 Å². The van der Waals surface area contributed by atoms with Crippen molar-refractivity contribution in [3.63, 3.8) is 0 Å². The molecule has 6 nitrogen and oxygen atoms in total. The Labute approximate surface area is 174 Å². The van der Waals surface area contributed by atoms with Crippen molar-refractivity contribution in [3.05, 3.63) is 58.4 Å². The highest BCUT2D eigenvalue weighted by atomic mass is 35.5. The number of nitrogens with one attached hydrogen (secondary N) is 1. The molecule has 1 aliphatic heterocycles. The van der Waals surface area contributed by atoms with E-state index in [9.17, 15) is 9.18 Å². The van der Waals surface area contributed by atoms with Crippen molar-refractivity contribution < 1.29 is 23.4 Å². The topological polar surface area (TPSA) is 60.0 Å². The molecular formula is C21H24ClFN2O4. The predicted octanol–water partition coefficient (Wildman–Crippen LogP) is 3.30. The van der Waals surface area contributed by atoms with Gasteiger partial charge in [0.25, 0.3) is 5.91 Å². The van der Waals surface area contributed by atoms with Crippen molar-refractivity contribution in [3.8, 4) is 11.5 Å². The fraction of sp³-hybridized carbons (Fsp3) is 0.381. The summed E-state index contributed by atoms with van der Waals surface area (Å²) in [6, 6.07) is 9.55. The first kappa shape index (κ1) is 21.4. The molecule has 0 aromatic heterocycles. The lowest BCUT2D eigenvalue weighted by atomic mass is 10.0. The van der Waals surface area contributed by atoms with Crippen LogP contribution in [0, 0.1) is 5.82 Å². The maximum absolute atomic E-state index is 14.1. The number of hydrogen-bond acceptors (Lipinski definition) is 5. The predicted molar refractivity (Wildman–Crippen MR) is 108 cm³/mol. The van der Waals surface area contributed by atoms with Crippen LogP contribution in [0.4, 0.5) is 4.39 Å². The molecule has 8 heteroatoms. The van der Waals surface area contributed by atoms with Gasteiger partial charge in [0.2, 0.25) is 0 Å². The van der Waals surface area contributed by atoms with E-state index in [2.05, 4.69) is 10.2 Å². The summed E-state index contributed by atoms with van der Waals surface area (Å²) in [5.41, 5.74) is 0.920. The quantitative estimate of drug-likeness (QED) is 0.741. The van der Waals surface area contributed by atoms with Gasteiger partial charge in [-0.2, -0.15) is 0 Å². The second-order valence-electron chi connectivity index (χ2n) is 6.61. The van der Waals surface area contributed by atoms with Crippen molar-refractivity contribution in [2.75, 3.05) is 47.1 Å². The summed E-state index contributed by atoms with van der Waals surface area (Å²) in [7, 11) is 3.16. The molecule has 1 aliphatic rings. The number of ether oxygens (including phenoxy) is 3. The van der Waals surface area contributed by atoms with Crippen LogP contribution in [-0.4, -0.2) is 57.9 Å². The minimum absolute atomic E-state index is 0.0394. The van der Waals surface area contributed by atoms with Gasteiger partial charge in [-0.1, -0.05) is 17.7 Å². The summed E-state index contributed by atoms with van der Waals surface area (Å²) in [5.74, 6) is 0.101. The van der Waals surface area contributed by atoms with Gasteiger partial charge < -0.3 is 19.5 Å². The van der Waals surface area contributed by atoms with Crippen molar-refractivity contribution in [2.24, 2.45) is 0 Å². The Morgan fingerprint density at radius 3 is 2.55 bits per heavy atom. The Bertz CT molecular complexity index is 859. The van der Waals surface area contributed by atoms with E-state index in [1.807, 2.05) is 18.2 Å². The number of benzene rings is 2. The van der Waals surface area contributed by atoms with Gasteiger partial charge in [0.15, 0.2) is 11.5 Å². The zero-order valence-electron chi connectivity index (χ0n) is 16.4. The summed E-state index contributed by atoms with van der Waals surface area (Å²) in [5, 5.41) is 3.09. The van der Waals surface area contributed by atoms with Gasteiger partial charge in [-0.05, 0) is 35.9 Å². The van der Waals surface area contributed by atoms with E-state index in [0.717, 1.165) is 24.7 Å². The van der Waals surface area contributed by atoms with Gasteiger partial charge >= 0.3 is 0 Å². The van der Waals surface area contributed by atoms with Crippen LogP contribution in [0.2, 0.25) is 5.02 Å². The second kappa shape index (κ2) is 9.91. The summed E-state index contributed by atoms with van der Waals surface area (Å²) >= 11 is 5.77. The average Bonchev–Trinajstić information content (AvgIpc) is 2.74. The first-order valence-corrected chi connectivity index (χ1v) is 9.68. The number of nitrogens with zero attached hydrogens (tertiary/aromatic N) is 1. The first-order valence-electron chi connectivity index (χ1n) is 9.30. The molecule has 0 aliphatic carbocycles. The molecule has 3 rings (SSSR count). The molecule has 1 N–H and O–H groups in total. The summed E-state index contributed by atoms with van der Waals surface area (Å²) in [4.78, 5) is 14.8. The van der Waals surface area contributed by atoms with Crippen LogP contribution in [0.5, 0.6) is 11.5 Å². The van der Waals surface area contributed by atoms with Crippen molar-refractivity contribution >= 4 is 17.5 Å². The smallest absolute Gasteiger partial charge is 0.254 e. The zero-order chi connectivity index (χ0) is 20.8. The molecule has 156 valence electrons. The molecule has 1 fully saturated rings. The molecule has 1 amide bonds. The van der Waals surface area contributed by atoms with Crippen LogP contribution in [0.3, 0.4) is 0 Å². The fourth-order valence-corrected chi connectivity index (χ4v) is 3.52. The number of hydrogen-bond donors (Lipinski definition) is 1. The number of carbonyl (C=O) groups is 1. The molecule has 0 bridgehead atoms. The van der Waals surface area contributed by atoms with E-state index >= 15 is 0 Å². The third-order valence-electron chi connectivity index (χ3n) is 4.91. The third kappa shape index (κ3) is 5.18. The SMILES string of the molecule is COc1ccc(C(CNC(=O)c2ccc(Cl)cc2F)N2CCOCC2)cc1OC. The maximum atomic E-state index is 14.1. The normalized spacial score (nSPS) is 15.6. The number of morpholine rings is 1. The molecule has 1 saturated heterocycles. The maximum Gasteiger partial charge on any atom is 0.254 e. The molecular weight excluding hydrogens is 399 g/mol. The van der Waals surface area contributed by atoms with Crippen LogP contribution < -0.4 is 14.8 Å². The van der Waals surface area contributed by atoms with Gasteiger partial charge in [0.05, 0.1) is 39.0 Å². The lowest BCUT2D eigenvalue weighted by Crippen LogP contribution is -2.44. The van der Waals surface area contributed by atoms with Crippen LogP contribution in [0.25, 0.3) is 0 Å². The summed E-state index contributed by atoms with van der Waals surface area (Å²) < 4.78 is 30.3. The number of carbonyl (C=O) groups excluding carboxylic acids is 1. The molecule has 29 heavy (non-hydrogen) atoms. The molecule has 0 spiro atoms. The van der Waals surface area contributed by atoms with E-state index in [4.69, 9.17) is 25.8 Å². The van der Waals surface area contributed by atoms with E-state index in [1.54, 1.807) is 14.2 Å². The highest BCUT2D eigenvalue weighted by Gasteiger charge is 2.25. The lowest BCUT2D eigenvalue weighted by Gasteiger charge is -2.35. The number of halogens is 2. The molecule has 1 unspecified atom stereocenters. The third-order valence-corrected chi connectivity index (χ3v) is 5.15. The van der Waals surface area contributed by atoms with Gasteiger partial charge in [0, 0.05) is 24.7 Å². The van der Waals surface area contributed by atoms with Crippen LogP contribution in [-0.2, 0) is 4.74 Å². The minimum atomic E-state index is -0.649. The monoisotopic (exact) mass is 422 g/mol. The molecule has 0 radical (unpaired) electrons. The van der Waals surface area contributed by atoms with Crippen LogP contribution >= 0.6 is 11.6 Å². The summed E-state index contributed by atoms with van der Waals surface area (Å²) in [6.07, 6.45) is 0. The average molecular weight is 423 g/mol. The fourth-order valence-electron chi connectivity index (χ4n) is 3.37. The van der Waals surface area contributed by atoms with E-state index in [1.165, 1.54) is 12.1 Å². The number of methoxy groups -OCH3 is 2. The van der Waals surface area contributed by atoms with E-state index in [-0.39, 0.29) is 16.6 Å². The Hall–Kier alpha value is -2.35. The van der Waals surface area contributed by atoms with Gasteiger partial charge in [-0.15, -0.1) is 0 Å². The van der Waals surface area contributed by atoms with Crippen molar-refractivity contribution in [2.45, 2.75) is 6.04 Å². The first-order chi connectivity index (χ1) is 14.0. The van der Waals surface area contributed by atoms with Crippen LogP contribution in [0.15, 0.2) is 36.4 Å². The summed E-state index contributed by atoms with van der Waals surface area (Å²) in [6.45, 7) is 2.98. The van der Waals surface area contributed by atoms with E-state index < -0.39 is 11.7 Å². The molecule has 1 atom stereocenters. The standard InChI is InChI=1S/C21H24ClFN2O4/c1-27-19-6-3-14(11-20(19)28-2)18(25-7-9-29-10-8-25)13-24-21(26)16-5-4-15(22)12-17(16)23/h3-6,11-12,18H,7-10,13H2,1-2H3,(H,24,26). The van der Waals surface area contributed by atoms with Gasteiger partial charge in [0.1, 0.15) is 5.82 Å². The molecule has 0 saturated carbocycles. The zero-order valence-corrected chi connectivity index (χ0v) is 17.2. The van der Waals surface area contributed by atoms with Gasteiger partial charge in [-0.25, -0.2) is 4.39 Å². The Balaban J connectivity index is 1.81. The Kier molecular flexibility index (Phi) is 7.30. The largest absolute Gasteiger partial charge is 0.493 e. The number of amides is 1. The molecule has 2 aromatic rings. The molecule has 1 heterocycles. The number of rotatable bonds is 7. The Morgan fingerprint density at radius 1 is 1.17 bits per heavy atom. The second-order valence-corrected chi connectivity index (χ2v) is 7.05. The van der Waals surface area contributed by atoms with Crippen molar-refractivity contribution in [1.29, 1.82) is 0 Å². The lowest BCUT2D eigenvalue weighted by molar-refractivity contribution is 0.0162. The highest BCUT2D eigenvalue weighted by Crippen LogP contribution is 2.32. The van der Waals surface area contributed by atoms with Gasteiger partial charge in [-0.3, -0.25) is 9.69 Å². The molecule has 2 aromatic carbocycles. The van der Waals surface area contributed by atoms with E-state index in [0.29, 0.717) is 31.3 Å².